The normalized spacial score (nSPS) is 25.3. The number of benzene rings is 1. The topological polar surface area (TPSA) is 29.3 Å². The molecule has 0 aliphatic carbocycles. The lowest BCUT2D eigenvalue weighted by atomic mass is 9.93. The molecule has 1 heterocycles. The second-order valence-corrected chi connectivity index (χ2v) is 5.21. The Balaban J connectivity index is 2.04. The first-order valence-electron chi connectivity index (χ1n) is 6.48. The number of piperidine rings is 1. The lowest BCUT2D eigenvalue weighted by Gasteiger charge is -2.37. The van der Waals surface area contributed by atoms with E-state index in [0.717, 1.165) is 24.9 Å². The monoisotopic (exact) mass is 254 g/mol. The number of hydrogen-bond acceptors (Lipinski definition) is 2. The van der Waals surface area contributed by atoms with Gasteiger partial charge in [-0.15, -0.1) is 0 Å². The fourth-order valence-corrected chi connectivity index (χ4v) is 2.55. The average Bonchev–Trinajstić information content (AvgIpc) is 2.36. The van der Waals surface area contributed by atoms with Crippen molar-refractivity contribution >= 4 is 0 Å². The van der Waals surface area contributed by atoms with E-state index in [1.807, 2.05) is 0 Å². The molecule has 0 bridgehead atoms. The molecule has 1 aromatic carbocycles. The molecule has 1 aromatic rings. The van der Waals surface area contributed by atoms with Gasteiger partial charge in [-0.2, -0.15) is 0 Å². The molecule has 2 unspecified atom stereocenters. The molecule has 100 valence electrons. The molecule has 0 saturated carbocycles. The van der Waals surface area contributed by atoms with Crippen molar-refractivity contribution in [2.24, 2.45) is 11.7 Å². The van der Waals surface area contributed by atoms with Crippen LogP contribution in [-0.2, 0) is 6.54 Å². The molecule has 0 amide bonds. The maximum atomic E-state index is 13.2. The largest absolute Gasteiger partial charge is 0.330 e. The summed E-state index contributed by atoms with van der Waals surface area (Å²) < 4.78 is 26.0. The van der Waals surface area contributed by atoms with Gasteiger partial charge in [0.15, 0.2) is 11.6 Å². The van der Waals surface area contributed by atoms with Gasteiger partial charge >= 0.3 is 0 Å². The molecule has 4 heteroatoms. The Labute approximate surface area is 107 Å². The maximum Gasteiger partial charge on any atom is 0.159 e. The summed E-state index contributed by atoms with van der Waals surface area (Å²) in [5.41, 5.74) is 6.53. The predicted molar refractivity (Wildman–Crippen MR) is 68.0 cm³/mol. The van der Waals surface area contributed by atoms with Crippen molar-refractivity contribution in [3.8, 4) is 0 Å². The smallest absolute Gasteiger partial charge is 0.159 e. The standard InChI is InChI=1S/C14H20F2N2/c1-10-2-3-12(7-17)9-18(10)8-11-4-5-13(15)14(16)6-11/h4-6,10,12H,2-3,7-9,17H2,1H3. The van der Waals surface area contributed by atoms with Crippen LogP contribution in [-0.4, -0.2) is 24.0 Å². The SMILES string of the molecule is CC1CCC(CN)CN1Cc1ccc(F)c(F)c1. The first-order valence-corrected chi connectivity index (χ1v) is 6.48. The average molecular weight is 254 g/mol. The summed E-state index contributed by atoms with van der Waals surface area (Å²) in [5, 5.41) is 0. The Kier molecular flexibility index (Phi) is 4.30. The number of likely N-dealkylation sites (tertiary alicyclic amines) is 1. The number of halogens is 2. The molecule has 1 aliphatic heterocycles. The zero-order valence-corrected chi connectivity index (χ0v) is 10.7. The van der Waals surface area contributed by atoms with Gasteiger partial charge in [0.2, 0.25) is 0 Å². The van der Waals surface area contributed by atoms with Gasteiger partial charge in [0, 0.05) is 19.1 Å². The lowest BCUT2D eigenvalue weighted by Crippen LogP contribution is -2.43. The van der Waals surface area contributed by atoms with Crippen molar-refractivity contribution in [2.45, 2.75) is 32.4 Å². The highest BCUT2D eigenvalue weighted by Crippen LogP contribution is 2.23. The summed E-state index contributed by atoms with van der Waals surface area (Å²) in [7, 11) is 0. The minimum Gasteiger partial charge on any atom is -0.330 e. The van der Waals surface area contributed by atoms with Crippen molar-refractivity contribution in [2.75, 3.05) is 13.1 Å². The minimum atomic E-state index is -0.787. The number of nitrogens with two attached hydrogens (primary N) is 1. The van der Waals surface area contributed by atoms with Crippen LogP contribution in [0.2, 0.25) is 0 Å². The van der Waals surface area contributed by atoms with E-state index < -0.39 is 11.6 Å². The van der Waals surface area contributed by atoms with E-state index in [1.165, 1.54) is 12.1 Å². The quantitative estimate of drug-likeness (QED) is 0.898. The zero-order chi connectivity index (χ0) is 13.1. The van der Waals surface area contributed by atoms with E-state index in [-0.39, 0.29) is 0 Å². The number of rotatable bonds is 3. The van der Waals surface area contributed by atoms with Gasteiger partial charge < -0.3 is 5.73 Å². The fourth-order valence-electron chi connectivity index (χ4n) is 2.55. The summed E-state index contributed by atoms with van der Waals surface area (Å²) >= 11 is 0. The van der Waals surface area contributed by atoms with Gasteiger partial charge in [-0.1, -0.05) is 6.07 Å². The van der Waals surface area contributed by atoms with Crippen LogP contribution in [0.5, 0.6) is 0 Å². The second kappa shape index (κ2) is 5.76. The van der Waals surface area contributed by atoms with Gasteiger partial charge in [-0.3, -0.25) is 4.90 Å². The van der Waals surface area contributed by atoms with Crippen LogP contribution in [0.3, 0.4) is 0 Å². The molecular weight excluding hydrogens is 234 g/mol. The van der Waals surface area contributed by atoms with Gasteiger partial charge in [0.25, 0.3) is 0 Å². The third-order valence-corrected chi connectivity index (χ3v) is 3.81. The van der Waals surface area contributed by atoms with Gasteiger partial charge in [-0.25, -0.2) is 8.78 Å². The third-order valence-electron chi connectivity index (χ3n) is 3.81. The lowest BCUT2D eigenvalue weighted by molar-refractivity contribution is 0.113. The summed E-state index contributed by atoms with van der Waals surface area (Å²) in [4.78, 5) is 2.30. The van der Waals surface area contributed by atoms with E-state index in [1.54, 1.807) is 6.07 Å². The highest BCUT2D eigenvalue weighted by Gasteiger charge is 2.24. The second-order valence-electron chi connectivity index (χ2n) is 5.21. The first kappa shape index (κ1) is 13.4. The summed E-state index contributed by atoms with van der Waals surface area (Å²) in [6, 6.07) is 4.60. The van der Waals surface area contributed by atoms with Crippen LogP contribution >= 0.6 is 0 Å². The van der Waals surface area contributed by atoms with E-state index >= 15 is 0 Å². The Morgan fingerprint density at radius 2 is 2.06 bits per heavy atom. The molecule has 18 heavy (non-hydrogen) atoms. The van der Waals surface area contributed by atoms with E-state index in [2.05, 4.69) is 11.8 Å². The third kappa shape index (κ3) is 3.06. The van der Waals surface area contributed by atoms with Crippen molar-refractivity contribution in [3.63, 3.8) is 0 Å². The Morgan fingerprint density at radius 3 is 2.72 bits per heavy atom. The zero-order valence-electron chi connectivity index (χ0n) is 10.7. The Morgan fingerprint density at radius 1 is 1.28 bits per heavy atom. The number of nitrogens with zero attached hydrogens (tertiary/aromatic N) is 1. The molecule has 0 spiro atoms. The molecular formula is C14H20F2N2. The Bertz CT molecular complexity index is 409. The van der Waals surface area contributed by atoms with Crippen LogP contribution in [0.4, 0.5) is 8.78 Å². The molecule has 1 aliphatic rings. The molecule has 1 fully saturated rings. The highest BCUT2D eigenvalue weighted by atomic mass is 19.2. The predicted octanol–water partition coefficient (Wildman–Crippen LogP) is 2.52. The summed E-state index contributed by atoms with van der Waals surface area (Å²) in [5.74, 6) is -1.04. The van der Waals surface area contributed by atoms with Crippen molar-refractivity contribution < 1.29 is 8.78 Å². The van der Waals surface area contributed by atoms with Crippen LogP contribution < -0.4 is 5.73 Å². The van der Waals surface area contributed by atoms with E-state index in [4.69, 9.17) is 5.73 Å². The van der Waals surface area contributed by atoms with Crippen LogP contribution in [0.15, 0.2) is 18.2 Å². The summed E-state index contributed by atoms with van der Waals surface area (Å²) in [6.45, 7) is 4.47. The van der Waals surface area contributed by atoms with Crippen LogP contribution in [0, 0.1) is 17.6 Å². The maximum absolute atomic E-state index is 13.2. The Hall–Kier alpha value is -1.00. The van der Waals surface area contributed by atoms with Crippen molar-refractivity contribution in [1.82, 2.24) is 4.90 Å². The highest BCUT2D eigenvalue weighted by molar-refractivity contribution is 5.17. The molecule has 2 N–H and O–H groups in total. The molecule has 0 aromatic heterocycles. The van der Waals surface area contributed by atoms with Crippen LogP contribution in [0.1, 0.15) is 25.3 Å². The van der Waals surface area contributed by atoms with Crippen molar-refractivity contribution in [3.05, 3.63) is 35.4 Å². The number of hydrogen-bond donors (Lipinski definition) is 1. The molecule has 2 nitrogen and oxygen atoms in total. The molecule has 2 rings (SSSR count). The van der Waals surface area contributed by atoms with E-state index in [9.17, 15) is 8.78 Å². The fraction of sp³-hybridized carbons (Fsp3) is 0.571. The van der Waals surface area contributed by atoms with Gasteiger partial charge in [0.05, 0.1) is 0 Å². The minimum absolute atomic E-state index is 0.473. The van der Waals surface area contributed by atoms with Gasteiger partial charge in [0.1, 0.15) is 0 Å². The molecule has 2 atom stereocenters. The summed E-state index contributed by atoms with van der Waals surface area (Å²) in [6.07, 6.45) is 2.28. The van der Waals surface area contributed by atoms with Crippen molar-refractivity contribution in [1.29, 1.82) is 0 Å². The molecule has 0 radical (unpaired) electrons. The first-order chi connectivity index (χ1) is 8.60. The molecule has 1 saturated heterocycles. The van der Waals surface area contributed by atoms with Crippen LogP contribution in [0.25, 0.3) is 0 Å². The van der Waals surface area contributed by atoms with Gasteiger partial charge in [-0.05, 0) is 49.9 Å². The van der Waals surface area contributed by atoms with E-state index in [0.29, 0.717) is 25.0 Å².